The minimum Gasteiger partial charge on any atom is -0.330 e. The van der Waals surface area contributed by atoms with Crippen molar-refractivity contribution < 1.29 is 28.0 Å². The molecule has 0 heterocycles. The molecule has 0 saturated carbocycles. The van der Waals surface area contributed by atoms with Crippen molar-refractivity contribution in [3.63, 3.8) is 0 Å². The average Bonchev–Trinajstić information content (AvgIpc) is 2.21. The van der Waals surface area contributed by atoms with Gasteiger partial charge in [-0.15, -0.1) is 18.8 Å². The van der Waals surface area contributed by atoms with Crippen LogP contribution in [0.1, 0.15) is 12.8 Å². The molecule has 0 rings (SSSR count). The molecular formula is C6H16N2O6P2+2. The Kier molecular flexibility index (Phi) is 10.1. The second-order valence-corrected chi connectivity index (χ2v) is 4.35. The van der Waals surface area contributed by atoms with Crippen molar-refractivity contribution in [2.24, 2.45) is 5.73 Å². The van der Waals surface area contributed by atoms with Crippen LogP contribution in [-0.4, -0.2) is 41.2 Å². The summed E-state index contributed by atoms with van der Waals surface area (Å²) >= 11 is 0. The molecule has 4 N–H and O–H groups in total. The number of nitrogens with zero attached hydrogens (tertiary/aromatic N) is 1. The fourth-order valence-corrected chi connectivity index (χ4v) is 1.43. The first-order chi connectivity index (χ1) is 7.56. The third-order valence-electron chi connectivity index (χ3n) is 1.63. The number of nitrogens with two attached hydrogens (primary N) is 1. The van der Waals surface area contributed by atoms with Gasteiger partial charge in [0.05, 0.1) is 0 Å². The van der Waals surface area contributed by atoms with Gasteiger partial charge in [0.2, 0.25) is 0 Å². The Labute approximate surface area is 95.2 Å². The summed E-state index contributed by atoms with van der Waals surface area (Å²) in [5.41, 5.74) is 5.30. The standard InChI is InChI=1S/C6H14N2O6P2/c7-3-1-2-4-8(5-13-15(9)10)6-14-16(11)12/h1-7H2/p+2. The molecule has 0 aromatic heterocycles. The van der Waals surface area contributed by atoms with E-state index in [2.05, 4.69) is 9.05 Å². The lowest BCUT2D eigenvalue weighted by Gasteiger charge is -2.14. The molecule has 94 valence electrons. The normalized spacial score (nSPS) is 13.0. The van der Waals surface area contributed by atoms with E-state index in [4.69, 9.17) is 15.5 Å². The van der Waals surface area contributed by atoms with Crippen LogP contribution >= 0.6 is 16.5 Å². The van der Waals surface area contributed by atoms with Crippen LogP contribution in [0.25, 0.3) is 0 Å². The summed E-state index contributed by atoms with van der Waals surface area (Å²) in [7, 11) is -5.37. The smallest absolute Gasteiger partial charge is 0.330 e. The molecule has 0 saturated heterocycles. The number of hydrogen-bond acceptors (Lipinski definition) is 6. The highest BCUT2D eigenvalue weighted by Crippen LogP contribution is 2.18. The summed E-state index contributed by atoms with van der Waals surface area (Å²) in [4.78, 5) is 18.4. The molecule has 16 heavy (non-hydrogen) atoms. The molecule has 2 atom stereocenters. The van der Waals surface area contributed by atoms with E-state index in [9.17, 15) is 9.13 Å². The Morgan fingerprint density at radius 2 is 1.56 bits per heavy atom. The molecule has 0 radical (unpaired) electrons. The summed E-state index contributed by atoms with van der Waals surface area (Å²) in [6, 6.07) is 0. The second-order valence-electron chi connectivity index (χ2n) is 2.88. The molecule has 0 aromatic rings. The first kappa shape index (κ1) is 16.0. The zero-order chi connectivity index (χ0) is 12.4. The highest BCUT2D eigenvalue weighted by atomic mass is 31.1. The average molecular weight is 274 g/mol. The maximum Gasteiger partial charge on any atom is 0.696 e. The van der Waals surface area contributed by atoms with Gasteiger partial charge in [-0.25, -0.2) is 4.90 Å². The zero-order valence-electron chi connectivity index (χ0n) is 8.69. The number of rotatable bonds is 10. The minimum atomic E-state index is -2.68. The van der Waals surface area contributed by atoms with Crippen LogP contribution in [0.5, 0.6) is 0 Å². The fourth-order valence-electron chi connectivity index (χ4n) is 0.908. The van der Waals surface area contributed by atoms with E-state index in [1.807, 2.05) is 0 Å². The van der Waals surface area contributed by atoms with Gasteiger partial charge in [0.15, 0.2) is 13.5 Å². The first-order valence-corrected chi connectivity index (χ1v) is 6.83. The summed E-state index contributed by atoms with van der Waals surface area (Å²) in [6.07, 6.45) is 1.53. The Hall–Kier alpha value is -0.0400. The first-order valence-electron chi connectivity index (χ1n) is 4.56. The summed E-state index contributed by atoms with van der Waals surface area (Å²) in [6.45, 7) is 0.764. The third kappa shape index (κ3) is 10.5. The van der Waals surface area contributed by atoms with Gasteiger partial charge in [-0.2, -0.15) is 0 Å². The van der Waals surface area contributed by atoms with E-state index in [0.717, 1.165) is 12.8 Å². The van der Waals surface area contributed by atoms with Crippen molar-refractivity contribution >= 4 is 16.5 Å². The van der Waals surface area contributed by atoms with E-state index in [0.29, 0.717) is 13.1 Å². The maximum atomic E-state index is 10.3. The Morgan fingerprint density at radius 3 is 1.94 bits per heavy atom. The maximum absolute atomic E-state index is 10.3. The SMILES string of the molecule is NCCCCN(CO[P+](=O)O)CO[P+](=O)O. The molecule has 0 aliphatic heterocycles. The van der Waals surface area contributed by atoms with Gasteiger partial charge in [0, 0.05) is 15.7 Å². The van der Waals surface area contributed by atoms with Crippen LogP contribution in [0, 0.1) is 0 Å². The predicted octanol–water partition coefficient (Wildman–Crippen LogP) is 0.275. The van der Waals surface area contributed by atoms with Crippen molar-refractivity contribution in [1.29, 1.82) is 0 Å². The Morgan fingerprint density at radius 1 is 1.06 bits per heavy atom. The Bertz CT molecular complexity index is 211. The van der Waals surface area contributed by atoms with Crippen molar-refractivity contribution in [3.05, 3.63) is 0 Å². The van der Waals surface area contributed by atoms with Crippen LogP contribution in [0.3, 0.4) is 0 Å². The van der Waals surface area contributed by atoms with Crippen LogP contribution in [0.2, 0.25) is 0 Å². The molecule has 0 fully saturated rings. The van der Waals surface area contributed by atoms with E-state index in [-0.39, 0.29) is 13.5 Å². The van der Waals surface area contributed by atoms with Gasteiger partial charge < -0.3 is 5.73 Å². The van der Waals surface area contributed by atoms with Crippen LogP contribution in [0.15, 0.2) is 0 Å². The van der Waals surface area contributed by atoms with Gasteiger partial charge in [0.25, 0.3) is 0 Å². The molecule has 0 aromatic carbocycles. The molecule has 10 heteroatoms. The number of hydrogen-bond donors (Lipinski definition) is 3. The second kappa shape index (κ2) is 10.1. The number of unbranched alkanes of at least 4 members (excludes halogenated alkanes) is 1. The van der Waals surface area contributed by atoms with Crippen molar-refractivity contribution in [2.45, 2.75) is 12.8 Å². The predicted molar refractivity (Wildman–Crippen MR) is 56.5 cm³/mol. The fraction of sp³-hybridized carbons (Fsp3) is 1.00. The Balaban J connectivity index is 3.84. The molecule has 2 unspecified atom stereocenters. The van der Waals surface area contributed by atoms with E-state index in [1.54, 1.807) is 0 Å². The van der Waals surface area contributed by atoms with Crippen LogP contribution in [0.4, 0.5) is 0 Å². The molecule has 0 aliphatic carbocycles. The molecule has 0 bridgehead atoms. The molecule has 0 amide bonds. The topological polar surface area (TPSA) is 122 Å². The summed E-state index contributed by atoms with van der Waals surface area (Å²) < 4.78 is 29.5. The minimum absolute atomic E-state index is 0.139. The van der Waals surface area contributed by atoms with E-state index in [1.165, 1.54) is 4.90 Å². The van der Waals surface area contributed by atoms with Crippen LogP contribution < -0.4 is 5.73 Å². The van der Waals surface area contributed by atoms with Gasteiger partial charge in [-0.3, -0.25) is 0 Å². The molecular weight excluding hydrogens is 258 g/mol. The van der Waals surface area contributed by atoms with Gasteiger partial charge in [0.1, 0.15) is 0 Å². The van der Waals surface area contributed by atoms with Crippen molar-refractivity contribution in [2.75, 3.05) is 26.6 Å². The van der Waals surface area contributed by atoms with Crippen molar-refractivity contribution in [1.82, 2.24) is 4.90 Å². The lowest BCUT2D eigenvalue weighted by Crippen LogP contribution is -2.28. The third-order valence-corrected chi connectivity index (χ3v) is 2.30. The van der Waals surface area contributed by atoms with Gasteiger partial charge in [-0.05, 0) is 19.4 Å². The largest absolute Gasteiger partial charge is 0.696 e. The van der Waals surface area contributed by atoms with Gasteiger partial charge in [-0.1, -0.05) is 0 Å². The van der Waals surface area contributed by atoms with E-state index >= 15 is 0 Å². The van der Waals surface area contributed by atoms with Gasteiger partial charge >= 0.3 is 16.5 Å². The lowest BCUT2D eigenvalue weighted by molar-refractivity contribution is 0.0495. The highest BCUT2D eigenvalue weighted by Gasteiger charge is 2.20. The zero-order valence-corrected chi connectivity index (χ0v) is 10.5. The molecule has 0 aliphatic rings. The highest BCUT2D eigenvalue weighted by molar-refractivity contribution is 7.32. The van der Waals surface area contributed by atoms with Crippen molar-refractivity contribution in [3.8, 4) is 0 Å². The monoisotopic (exact) mass is 274 g/mol. The quantitative estimate of drug-likeness (QED) is 0.295. The summed E-state index contributed by atoms with van der Waals surface area (Å²) in [5.74, 6) is 0. The lowest BCUT2D eigenvalue weighted by atomic mass is 10.3. The molecule has 8 nitrogen and oxygen atoms in total. The van der Waals surface area contributed by atoms with Crippen LogP contribution in [-0.2, 0) is 18.2 Å². The molecule has 0 spiro atoms. The summed E-state index contributed by atoms with van der Waals surface area (Å²) in [5, 5.41) is 0. The van der Waals surface area contributed by atoms with E-state index < -0.39 is 16.5 Å².